The molecule has 0 radical (unpaired) electrons. The molecule has 34 heavy (non-hydrogen) atoms. The zero-order chi connectivity index (χ0) is 23.5. The number of amides is 2. The summed E-state index contributed by atoms with van der Waals surface area (Å²) in [7, 11) is 0. The summed E-state index contributed by atoms with van der Waals surface area (Å²) in [6.07, 6.45) is 3.09. The van der Waals surface area contributed by atoms with E-state index in [-0.39, 0.29) is 17.6 Å². The van der Waals surface area contributed by atoms with Gasteiger partial charge in [0.15, 0.2) is 0 Å². The van der Waals surface area contributed by atoms with Gasteiger partial charge in [0, 0.05) is 28.4 Å². The van der Waals surface area contributed by atoms with Gasteiger partial charge in [-0.2, -0.15) is 0 Å². The molecule has 4 nitrogen and oxygen atoms in total. The van der Waals surface area contributed by atoms with E-state index < -0.39 is 0 Å². The number of para-hydroxylation sites is 2. The highest BCUT2D eigenvalue weighted by Crippen LogP contribution is 2.48. The number of hydrogen-bond acceptors (Lipinski definition) is 3. The van der Waals surface area contributed by atoms with Crippen LogP contribution in [0.15, 0.2) is 88.7 Å². The number of carbonyl (C=O) groups is 1. The second-order valence-electron chi connectivity index (χ2n) is 9.61. The number of urea groups is 1. The number of ether oxygens (including phenoxy) is 1. The fourth-order valence-corrected chi connectivity index (χ4v) is 6.27. The third-order valence-electron chi connectivity index (χ3n) is 7.15. The highest BCUT2D eigenvalue weighted by molar-refractivity contribution is 7.99. The second kappa shape index (κ2) is 9.85. The predicted octanol–water partition coefficient (Wildman–Crippen LogP) is 7.16. The molecule has 5 heteroatoms. The van der Waals surface area contributed by atoms with Gasteiger partial charge in [-0.05, 0) is 55.0 Å². The number of anilines is 2. The second-order valence-corrected chi connectivity index (χ2v) is 10.7. The minimum Gasteiger partial charge on any atom is -0.378 e. The first-order chi connectivity index (χ1) is 16.6. The van der Waals surface area contributed by atoms with Crippen LogP contribution in [0.1, 0.15) is 38.7 Å². The Balaban J connectivity index is 1.36. The molecule has 0 unspecified atom stereocenters. The Labute approximate surface area is 206 Å². The molecule has 1 N–H and O–H groups in total. The maximum absolute atomic E-state index is 13.6. The molecule has 2 aliphatic heterocycles. The molecule has 0 bridgehead atoms. The lowest BCUT2D eigenvalue weighted by Gasteiger charge is -2.43. The van der Waals surface area contributed by atoms with Gasteiger partial charge in [0.25, 0.3) is 0 Å². The first-order valence-corrected chi connectivity index (χ1v) is 13.0. The van der Waals surface area contributed by atoms with Crippen LogP contribution in [0.5, 0.6) is 0 Å². The maximum Gasteiger partial charge on any atom is 0.326 e. The number of fused-ring (bicyclic) bond motifs is 2. The van der Waals surface area contributed by atoms with E-state index in [2.05, 4.69) is 61.6 Å². The van der Waals surface area contributed by atoms with Crippen molar-refractivity contribution >= 4 is 29.2 Å². The molecule has 176 valence electrons. The van der Waals surface area contributed by atoms with Gasteiger partial charge in [-0.25, -0.2) is 4.79 Å². The molecule has 1 fully saturated rings. The average molecular weight is 473 g/mol. The van der Waals surface area contributed by atoms with Gasteiger partial charge < -0.3 is 10.1 Å². The summed E-state index contributed by atoms with van der Waals surface area (Å²) in [6.45, 7) is 5.84. The van der Waals surface area contributed by atoms with E-state index in [4.69, 9.17) is 4.74 Å². The highest BCUT2D eigenvalue weighted by Gasteiger charge is 2.39. The monoisotopic (exact) mass is 472 g/mol. The topological polar surface area (TPSA) is 41.6 Å². The first-order valence-electron chi connectivity index (χ1n) is 12.2. The van der Waals surface area contributed by atoms with Gasteiger partial charge in [0.05, 0.1) is 17.5 Å². The number of carbonyl (C=O) groups excluding carboxylic acids is 1. The molecule has 3 aromatic carbocycles. The van der Waals surface area contributed by atoms with E-state index in [1.54, 1.807) is 11.8 Å². The van der Waals surface area contributed by atoms with Gasteiger partial charge in [-0.15, -0.1) is 0 Å². The SMILES string of the molecule is CC(C)[C@H]1C[C@](CCNC(=O)N2c3ccccc3Sc3ccccc32)(c2ccccc2)CCO1. The van der Waals surface area contributed by atoms with E-state index in [0.29, 0.717) is 12.5 Å². The smallest absolute Gasteiger partial charge is 0.326 e. The third-order valence-corrected chi connectivity index (χ3v) is 8.28. The summed E-state index contributed by atoms with van der Waals surface area (Å²) in [5.41, 5.74) is 3.23. The van der Waals surface area contributed by atoms with Crippen molar-refractivity contribution in [2.45, 2.75) is 54.4 Å². The first kappa shape index (κ1) is 23.0. The van der Waals surface area contributed by atoms with Crippen molar-refractivity contribution in [3.63, 3.8) is 0 Å². The molecule has 2 heterocycles. The van der Waals surface area contributed by atoms with Crippen molar-refractivity contribution < 1.29 is 9.53 Å². The summed E-state index contributed by atoms with van der Waals surface area (Å²) in [4.78, 5) is 17.6. The Bertz CT molecular complexity index is 1100. The Morgan fingerprint density at radius 1 is 1.00 bits per heavy atom. The summed E-state index contributed by atoms with van der Waals surface area (Å²) in [5.74, 6) is 0.469. The molecule has 2 amide bonds. The standard InChI is InChI=1S/C29H32N2O2S/c1-21(2)25-20-29(17-19-33-25,22-10-4-3-5-11-22)16-18-30-28(32)31-23-12-6-8-14-26(23)34-27-15-9-7-13-24(27)31/h3-15,21,25H,16-20H2,1-2H3,(H,30,32)/t25-,29-/m1/s1. The zero-order valence-corrected chi connectivity index (χ0v) is 20.7. The fraction of sp³-hybridized carbons (Fsp3) is 0.345. The molecule has 0 aliphatic carbocycles. The Morgan fingerprint density at radius 3 is 2.26 bits per heavy atom. The van der Waals surface area contributed by atoms with Gasteiger partial charge in [-0.1, -0.05) is 80.2 Å². The number of nitrogens with zero attached hydrogens (tertiary/aromatic N) is 1. The van der Waals surface area contributed by atoms with Crippen molar-refractivity contribution in [3.05, 3.63) is 84.4 Å². The van der Waals surface area contributed by atoms with Crippen LogP contribution in [0.3, 0.4) is 0 Å². The average Bonchev–Trinajstić information content (AvgIpc) is 2.87. The highest BCUT2D eigenvalue weighted by atomic mass is 32.2. The van der Waals surface area contributed by atoms with E-state index in [1.807, 2.05) is 41.3 Å². The number of nitrogens with one attached hydrogen (secondary N) is 1. The zero-order valence-electron chi connectivity index (χ0n) is 19.9. The van der Waals surface area contributed by atoms with Gasteiger partial charge in [-0.3, -0.25) is 4.90 Å². The van der Waals surface area contributed by atoms with Crippen LogP contribution in [0.4, 0.5) is 16.2 Å². The van der Waals surface area contributed by atoms with Crippen LogP contribution in [0.25, 0.3) is 0 Å². The summed E-state index contributed by atoms with van der Waals surface area (Å²) >= 11 is 1.71. The lowest BCUT2D eigenvalue weighted by Crippen LogP contribution is -2.44. The maximum atomic E-state index is 13.6. The quantitative estimate of drug-likeness (QED) is 0.428. The van der Waals surface area contributed by atoms with E-state index in [0.717, 1.165) is 47.0 Å². The normalized spacial score (nSPS) is 21.6. The lowest BCUT2D eigenvalue weighted by atomic mass is 9.69. The van der Waals surface area contributed by atoms with E-state index in [9.17, 15) is 4.79 Å². The minimum atomic E-state index is -0.0733. The molecule has 2 atom stereocenters. The van der Waals surface area contributed by atoms with E-state index in [1.165, 1.54) is 5.56 Å². The number of rotatable bonds is 5. The fourth-order valence-electron chi connectivity index (χ4n) is 5.22. The molecule has 5 rings (SSSR count). The molecule has 1 saturated heterocycles. The lowest BCUT2D eigenvalue weighted by molar-refractivity contribution is -0.0467. The Kier molecular flexibility index (Phi) is 6.66. The molecule has 3 aromatic rings. The minimum absolute atomic E-state index is 0.00922. The van der Waals surface area contributed by atoms with Gasteiger partial charge >= 0.3 is 6.03 Å². The molecular weight excluding hydrogens is 440 g/mol. The van der Waals surface area contributed by atoms with E-state index >= 15 is 0 Å². The largest absolute Gasteiger partial charge is 0.378 e. The number of benzene rings is 3. The summed E-state index contributed by atoms with van der Waals surface area (Å²) in [5, 5.41) is 3.26. The molecular formula is C29H32N2O2S. The Hall–Kier alpha value is -2.76. The van der Waals surface area contributed by atoms with Crippen molar-refractivity contribution in [3.8, 4) is 0 Å². The summed E-state index contributed by atoms with van der Waals surface area (Å²) in [6, 6.07) is 26.9. The van der Waals surface area contributed by atoms with Crippen LogP contribution < -0.4 is 10.2 Å². The molecule has 2 aliphatic rings. The predicted molar refractivity (Wildman–Crippen MR) is 139 cm³/mol. The number of hydrogen-bond donors (Lipinski definition) is 1. The van der Waals surface area contributed by atoms with Crippen LogP contribution in [0, 0.1) is 5.92 Å². The van der Waals surface area contributed by atoms with Crippen LogP contribution in [0.2, 0.25) is 0 Å². The molecule has 0 spiro atoms. The van der Waals surface area contributed by atoms with Crippen molar-refractivity contribution in [1.82, 2.24) is 5.32 Å². The van der Waals surface area contributed by atoms with Crippen molar-refractivity contribution in [1.29, 1.82) is 0 Å². The summed E-state index contributed by atoms with van der Waals surface area (Å²) < 4.78 is 6.12. The van der Waals surface area contributed by atoms with Crippen molar-refractivity contribution in [2.24, 2.45) is 5.92 Å². The molecule has 0 aromatic heterocycles. The van der Waals surface area contributed by atoms with Gasteiger partial charge in [0.2, 0.25) is 0 Å². The molecule has 0 saturated carbocycles. The van der Waals surface area contributed by atoms with Crippen LogP contribution >= 0.6 is 11.8 Å². The van der Waals surface area contributed by atoms with Crippen molar-refractivity contribution in [2.75, 3.05) is 18.1 Å². The van der Waals surface area contributed by atoms with Gasteiger partial charge in [0.1, 0.15) is 0 Å². The third kappa shape index (κ3) is 4.47. The van der Waals surface area contributed by atoms with Crippen LogP contribution in [-0.2, 0) is 10.2 Å². The van der Waals surface area contributed by atoms with Crippen LogP contribution in [-0.4, -0.2) is 25.3 Å². The Morgan fingerprint density at radius 2 is 1.62 bits per heavy atom.